The molecule has 0 aliphatic carbocycles. The average molecular weight is 298 g/mol. The Balaban J connectivity index is 2.01. The first-order valence-corrected chi connectivity index (χ1v) is 7.81. The van der Waals surface area contributed by atoms with Crippen molar-refractivity contribution in [3.8, 4) is 0 Å². The fourth-order valence-corrected chi connectivity index (χ4v) is 3.03. The minimum Gasteiger partial charge on any atom is -0.342 e. The van der Waals surface area contributed by atoms with E-state index in [1.165, 1.54) is 0 Å². The van der Waals surface area contributed by atoms with E-state index in [2.05, 4.69) is 12.2 Å². The van der Waals surface area contributed by atoms with E-state index in [1.807, 2.05) is 22.7 Å². The highest BCUT2D eigenvalue weighted by Crippen LogP contribution is 2.18. The van der Waals surface area contributed by atoms with Gasteiger partial charge in [0.05, 0.1) is 5.02 Å². The van der Waals surface area contributed by atoms with Crippen LogP contribution in [0.3, 0.4) is 0 Å². The number of aryl methyl sites for hydroxylation is 1. The summed E-state index contributed by atoms with van der Waals surface area (Å²) in [6.07, 6.45) is 5.13. The van der Waals surface area contributed by atoms with E-state index in [4.69, 9.17) is 11.6 Å². The molecule has 1 aromatic heterocycles. The second kappa shape index (κ2) is 7.14. The van der Waals surface area contributed by atoms with Crippen LogP contribution < -0.4 is 5.32 Å². The standard InChI is InChI=1S/C15H24ClN3O/c1-3-8-19-11-13(16)9-14(19)15(20)18(2)10-12-4-6-17-7-5-12/h9,11-12,17H,3-8,10H2,1-2H3. The van der Waals surface area contributed by atoms with Gasteiger partial charge in [0.15, 0.2) is 0 Å². The van der Waals surface area contributed by atoms with Crippen LogP contribution in [-0.2, 0) is 6.54 Å². The molecule has 0 aromatic carbocycles. The first-order chi connectivity index (χ1) is 9.61. The summed E-state index contributed by atoms with van der Waals surface area (Å²) in [4.78, 5) is 14.4. The smallest absolute Gasteiger partial charge is 0.270 e. The zero-order valence-electron chi connectivity index (χ0n) is 12.4. The molecule has 20 heavy (non-hydrogen) atoms. The maximum atomic E-state index is 12.6. The fourth-order valence-electron chi connectivity index (χ4n) is 2.81. The Labute approximate surface area is 126 Å². The van der Waals surface area contributed by atoms with Crippen LogP contribution in [0.1, 0.15) is 36.7 Å². The van der Waals surface area contributed by atoms with Crippen LogP contribution in [0.2, 0.25) is 5.02 Å². The molecule has 1 saturated heterocycles. The number of hydrogen-bond acceptors (Lipinski definition) is 2. The molecule has 2 heterocycles. The lowest BCUT2D eigenvalue weighted by Gasteiger charge is -2.27. The molecule has 4 nitrogen and oxygen atoms in total. The van der Waals surface area contributed by atoms with E-state index >= 15 is 0 Å². The number of carbonyl (C=O) groups excluding carboxylic acids is 1. The number of nitrogens with one attached hydrogen (secondary N) is 1. The summed E-state index contributed by atoms with van der Waals surface area (Å²) in [5.74, 6) is 0.680. The normalized spacial score (nSPS) is 16.4. The second-order valence-electron chi connectivity index (χ2n) is 5.62. The quantitative estimate of drug-likeness (QED) is 0.907. The van der Waals surface area contributed by atoms with Crippen molar-refractivity contribution in [3.63, 3.8) is 0 Å². The van der Waals surface area contributed by atoms with Crippen LogP contribution in [-0.4, -0.2) is 42.1 Å². The summed E-state index contributed by atoms with van der Waals surface area (Å²) in [6, 6.07) is 1.78. The molecule has 1 aliphatic rings. The number of amides is 1. The zero-order chi connectivity index (χ0) is 14.5. The van der Waals surface area contributed by atoms with Crippen molar-refractivity contribution in [2.24, 2.45) is 5.92 Å². The summed E-state index contributed by atoms with van der Waals surface area (Å²) in [5.41, 5.74) is 0.702. The number of piperidine rings is 1. The van der Waals surface area contributed by atoms with Crippen LogP contribution in [0.5, 0.6) is 0 Å². The highest BCUT2D eigenvalue weighted by molar-refractivity contribution is 6.31. The van der Waals surface area contributed by atoms with Crippen LogP contribution in [0.25, 0.3) is 0 Å². The van der Waals surface area contributed by atoms with Crippen LogP contribution >= 0.6 is 11.6 Å². The Morgan fingerprint density at radius 2 is 2.20 bits per heavy atom. The average Bonchev–Trinajstić information content (AvgIpc) is 2.80. The molecule has 0 bridgehead atoms. The molecular weight excluding hydrogens is 274 g/mol. The Bertz CT molecular complexity index is 452. The van der Waals surface area contributed by atoms with Gasteiger partial charge < -0.3 is 14.8 Å². The van der Waals surface area contributed by atoms with Crippen molar-refractivity contribution in [1.29, 1.82) is 0 Å². The van der Waals surface area contributed by atoms with Gasteiger partial charge in [-0.05, 0) is 44.3 Å². The first-order valence-electron chi connectivity index (χ1n) is 7.43. The molecule has 1 aliphatic heterocycles. The first kappa shape index (κ1) is 15.4. The monoisotopic (exact) mass is 297 g/mol. The Kier molecular flexibility index (Phi) is 5.49. The Hall–Kier alpha value is -1.00. The minimum absolute atomic E-state index is 0.0730. The Morgan fingerprint density at radius 3 is 2.85 bits per heavy atom. The third-order valence-corrected chi connectivity index (χ3v) is 4.09. The summed E-state index contributed by atoms with van der Waals surface area (Å²) in [7, 11) is 1.89. The second-order valence-corrected chi connectivity index (χ2v) is 6.05. The highest BCUT2D eigenvalue weighted by atomic mass is 35.5. The molecule has 1 fully saturated rings. The molecule has 0 saturated carbocycles. The number of hydrogen-bond donors (Lipinski definition) is 1. The van der Waals surface area contributed by atoms with Crippen molar-refractivity contribution in [2.45, 2.75) is 32.7 Å². The number of carbonyl (C=O) groups is 1. The molecule has 1 aromatic rings. The summed E-state index contributed by atoms with van der Waals surface area (Å²) >= 11 is 6.04. The van der Waals surface area contributed by atoms with Gasteiger partial charge >= 0.3 is 0 Å². The van der Waals surface area contributed by atoms with Crippen molar-refractivity contribution >= 4 is 17.5 Å². The molecule has 112 valence electrons. The third-order valence-electron chi connectivity index (χ3n) is 3.88. The molecule has 2 rings (SSSR count). The van der Waals surface area contributed by atoms with Crippen LogP contribution in [0.4, 0.5) is 0 Å². The summed E-state index contributed by atoms with van der Waals surface area (Å²) in [6.45, 7) is 5.88. The summed E-state index contributed by atoms with van der Waals surface area (Å²) < 4.78 is 1.96. The minimum atomic E-state index is 0.0730. The van der Waals surface area contributed by atoms with Crippen molar-refractivity contribution in [3.05, 3.63) is 23.0 Å². The van der Waals surface area contributed by atoms with E-state index in [1.54, 1.807) is 6.07 Å². The predicted octanol–water partition coefficient (Wildman–Crippen LogP) is 2.62. The molecule has 0 spiro atoms. The molecule has 0 unspecified atom stereocenters. The number of rotatable bonds is 5. The number of aromatic nitrogens is 1. The van der Waals surface area contributed by atoms with E-state index in [9.17, 15) is 4.79 Å². The van der Waals surface area contributed by atoms with Gasteiger partial charge in [-0.15, -0.1) is 0 Å². The number of nitrogens with zero attached hydrogens (tertiary/aromatic N) is 2. The molecular formula is C15H24ClN3O. The topological polar surface area (TPSA) is 37.3 Å². The van der Waals surface area contributed by atoms with Gasteiger partial charge in [0.25, 0.3) is 5.91 Å². The maximum Gasteiger partial charge on any atom is 0.270 e. The van der Waals surface area contributed by atoms with Crippen LogP contribution in [0, 0.1) is 5.92 Å². The third kappa shape index (κ3) is 3.76. The SMILES string of the molecule is CCCn1cc(Cl)cc1C(=O)N(C)CC1CCNCC1. The number of halogens is 1. The van der Waals surface area contributed by atoms with Crippen molar-refractivity contribution < 1.29 is 4.79 Å². The summed E-state index contributed by atoms with van der Waals surface area (Å²) in [5, 5.41) is 3.99. The maximum absolute atomic E-state index is 12.6. The van der Waals surface area contributed by atoms with Gasteiger partial charge in [0.1, 0.15) is 5.69 Å². The lowest BCUT2D eigenvalue weighted by Crippen LogP contribution is -2.37. The van der Waals surface area contributed by atoms with Crippen molar-refractivity contribution in [2.75, 3.05) is 26.7 Å². The predicted molar refractivity (Wildman–Crippen MR) is 82.3 cm³/mol. The van der Waals surface area contributed by atoms with Gasteiger partial charge in [-0.3, -0.25) is 4.79 Å². The molecule has 1 amide bonds. The molecule has 0 radical (unpaired) electrons. The van der Waals surface area contributed by atoms with Gasteiger partial charge in [-0.25, -0.2) is 0 Å². The van der Waals surface area contributed by atoms with Gasteiger partial charge in [0.2, 0.25) is 0 Å². The van der Waals surface area contributed by atoms with E-state index in [-0.39, 0.29) is 5.91 Å². The van der Waals surface area contributed by atoms with Gasteiger partial charge in [0, 0.05) is 26.3 Å². The largest absolute Gasteiger partial charge is 0.342 e. The van der Waals surface area contributed by atoms with Crippen molar-refractivity contribution in [1.82, 2.24) is 14.8 Å². The van der Waals surface area contributed by atoms with E-state index in [0.717, 1.165) is 45.4 Å². The molecule has 0 atom stereocenters. The van der Waals surface area contributed by atoms with E-state index in [0.29, 0.717) is 16.6 Å². The fraction of sp³-hybridized carbons (Fsp3) is 0.667. The van der Waals surface area contributed by atoms with Crippen LogP contribution in [0.15, 0.2) is 12.3 Å². The van der Waals surface area contributed by atoms with Gasteiger partial charge in [-0.2, -0.15) is 0 Å². The Morgan fingerprint density at radius 1 is 1.50 bits per heavy atom. The lowest BCUT2D eigenvalue weighted by atomic mass is 9.97. The molecule has 5 heteroatoms. The lowest BCUT2D eigenvalue weighted by molar-refractivity contribution is 0.0752. The van der Waals surface area contributed by atoms with Gasteiger partial charge in [-0.1, -0.05) is 18.5 Å². The highest BCUT2D eigenvalue weighted by Gasteiger charge is 2.21. The zero-order valence-corrected chi connectivity index (χ0v) is 13.1. The van der Waals surface area contributed by atoms with E-state index < -0.39 is 0 Å². The molecule has 1 N–H and O–H groups in total.